The zero-order valence-corrected chi connectivity index (χ0v) is 21.5. The van der Waals surface area contributed by atoms with Crippen LogP contribution in [0, 0.1) is 12.7 Å². The lowest BCUT2D eigenvalue weighted by molar-refractivity contribution is -0.123. The highest BCUT2D eigenvalue weighted by Gasteiger charge is 2.30. The van der Waals surface area contributed by atoms with Crippen LogP contribution in [0.2, 0.25) is 0 Å². The van der Waals surface area contributed by atoms with E-state index in [1.54, 1.807) is 6.08 Å². The van der Waals surface area contributed by atoms with E-state index in [1.165, 1.54) is 19.1 Å². The Bertz CT molecular complexity index is 1310. The predicted molar refractivity (Wildman–Crippen MR) is 140 cm³/mol. The molecule has 1 unspecified atom stereocenters. The fourth-order valence-electron chi connectivity index (χ4n) is 5.14. The number of aliphatic hydroxyl groups is 1. The van der Waals surface area contributed by atoms with Gasteiger partial charge in [0.15, 0.2) is 0 Å². The van der Waals surface area contributed by atoms with E-state index in [0.29, 0.717) is 55.2 Å². The molecule has 1 aromatic heterocycles. The summed E-state index contributed by atoms with van der Waals surface area (Å²) in [6.07, 6.45) is 1.87. The third-order valence-electron chi connectivity index (χ3n) is 7.33. The molecule has 3 aliphatic rings. The number of carbonyl (C=O) groups excluding carboxylic acids is 3. The number of amides is 3. The number of benzene rings is 1. The summed E-state index contributed by atoms with van der Waals surface area (Å²) in [6.45, 7) is 8.42. The molecule has 10 nitrogen and oxygen atoms in total. The van der Waals surface area contributed by atoms with Crippen LogP contribution in [0.4, 0.5) is 15.8 Å². The molecule has 11 heteroatoms. The molecule has 5 rings (SSSR count). The Morgan fingerprint density at radius 2 is 2.00 bits per heavy atom. The number of halogens is 1. The normalized spacial score (nSPS) is 19.7. The Kier molecular flexibility index (Phi) is 7.33. The summed E-state index contributed by atoms with van der Waals surface area (Å²) in [7, 11) is 0. The van der Waals surface area contributed by atoms with E-state index in [4.69, 9.17) is 4.74 Å². The van der Waals surface area contributed by atoms with Gasteiger partial charge in [0.05, 0.1) is 35.7 Å². The lowest BCUT2D eigenvalue weighted by Crippen LogP contribution is -2.43. The number of aromatic nitrogens is 1. The van der Waals surface area contributed by atoms with Crippen LogP contribution in [0.1, 0.15) is 46.2 Å². The Hall–Kier alpha value is -3.54. The maximum Gasteiger partial charge on any atom is 0.256 e. The van der Waals surface area contributed by atoms with Gasteiger partial charge < -0.3 is 30.4 Å². The first-order valence-electron chi connectivity index (χ1n) is 12.9. The smallest absolute Gasteiger partial charge is 0.256 e. The minimum absolute atomic E-state index is 0.0232. The minimum Gasteiger partial charge on any atom is -0.384 e. The van der Waals surface area contributed by atoms with E-state index < -0.39 is 23.7 Å². The topological polar surface area (TPSA) is 127 Å². The van der Waals surface area contributed by atoms with E-state index >= 15 is 0 Å². The third kappa shape index (κ3) is 5.09. The summed E-state index contributed by atoms with van der Waals surface area (Å²) in [5, 5.41) is 14.4. The molecule has 0 aliphatic carbocycles. The molecule has 1 saturated heterocycles. The first-order valence-corrected chi connectivity index (χ1v) is 12.9. The molecule has 2 aromatic rings. The number of rotatable bonds is 6. The van der Waals surface area contributed by atoms with Crippen LogP contribution in [-0.4, -0.2) is 89.7 Å². The summed E-state index contributed by atoms with van der Waals surface area (Å²) in [5.74, 6) is -1.92. The third-order valence-corrected chi connectivity index (χ3v) is 7.33. The molecule has 4 N–H and O–H groups in total. The molecule has 0 radical (unpaired) electrons. The van der Waals surface area contributed by atoms with Gasteiger partial charge in [-0.15, -0.1) is 0 Å². The second-order valence-corrected chi connectivity index (χ2v) is 9.92. The van der Waals surface area contributed by atoms with Gasteiger partial charge in [-0.2, -0.15) is 0 Å². The number of H-pyrrole nitrogens is 1. The van der Waals surface area contributed by atoms with Crippen molar-refractivity contribution in [1.29, 1.82) is 0 Å². The largest absolute Gasteiger partial charge is 0.384 e. The van der Waals surface area contributed by atoms with Gasteiger partial charge in [-0.1, -0.05) is 0 Å². The van der Waals surface area contributed by atoms with E-state index in [1.807, 2.05) is 11.8 Å². The van der Waals surface area contributed by atoms with E-state index in [2.05, 4.69) is 20.5 Å². The Morgan fingerprint density at radius 3 is 2.74 bits per heavy atom. The van der Waals surface area contributed by atoms with Crippen LogP contribution >= 0.6 is 0 Å². The van der Waals surface area contributed by atoms with Crippen molar-refractivity contribution in [2.24, 2.45) is 0 Å². The number of aliphatic hydroxyl groups excluding tert-OH is 1. The molecule has 38 heavy (non-hydrogen) atoms. The van der Waals surface area contributed by atoms with Gasteiger partial charge in [-0.3, -0.25) is 19.3 Å². The maximum atomic E-state index is 14.8. The van der Waals surface area contributed by atoms with E-state index in [-0.39, 0.29) is 17.2 Å². The van der Waals surface area contributed by atoms with Crippen molar-refractivity contribution < 1.29 is 28.6 Å². The molecule has 3 amide bonds. The number of ether oxygens (including phenoxy) is 1. The van der Waals surface area contributed by atoms with Crippen LogP contribution in [0.5, 0.6) is 0 Å². The molecular weight excluding hydrogens is 493 g/mol. The van der Waals surface area contributed by atoms with Crippen LogP contribution in [-0.2, 0) is 20.7 Å². The number of nitrogens with one attached hydrogen (secondary N) is 3. The van der Waals surface area contributed by atoms with Gasteiger partial charge >= 0.3 is 0 Å². The zero-order chi connectivity index (χ0) is 27.0. The molecular formula is C27H32FN5O5. The fraction of sp³-hybridized carbons (Fsp3) is 0.444. The number of hydrogen-bond acceptors (Lipinski definition) is 6. The highest BCUT2D eigenvalue weighted by molar-refractivity contribution is 6.35. The summed E-state index contributed by atoms with van der Waals surface area (Å²) >= 11 is 0. The number of hydrogen-bond donors (Lipinski definition) is 4. The van der Waals surface area contributed by atoms with E-state index in [9.17, 15) is 23.9 Å². The monoisotopic (exact) mass is 525 g/mol. The molecule has 1 aromatic carbocycles. The van der Waals surface area contributed by atoms with Gasteiger partial charge in [0.25, 0.3) is 17.7 Å². The second kappa shape index (κ2) is 10.7. The molecule has 4 heterocycles. The lowest BCUT2D eigenvalue weighted by atomic mass is 10.0. The number of aromatic amines is 1. The summed E-state index contributed by atoms with van der Waals surface area (Å²) in [4.78, 5) is 45.7. The molecule has 1 fully saturated rings. The van der Waals surface area contributed by atoms with Gasteiger partial charge in [-0.25, -0.2) is 4.39 Å². The summed E-state index contributed by atoms with van der Waals surface area (Å²) in [5.41, 5.74) is 3.67. The average molecular weight is 526 g/mol. The number of carbonyl (C=O) groups is 3. The van der Waals surface area contributed by atoms with Crippen molar-refractivity contribution in [3.8, 4) is 0 Å². The standard InChI is InChI=1S/C27H32FN5O5/c1-15-21(13-18-17-12-19(28)23(31-25(35)16(2)34)14-22(17)30-26(18)36)29-20-4-3-5-33(27(37)24(15)20)7-6-32-8-10-38-11-9-32/h12-14,16,29,34H,3-11H2,1-2H3,(H,30,36)(H,31,35)/b18-13-. The fourth-order valence-corrected chi connectivity index (χ4v) is 5.14. The van der Waals surface area contributed by atoms with Crippen LogP contribution in [0.25, 0.3) is 11.6 Å². The average Bonchev–Trinajstić information content (AvgIpc) is 3.30. The van der Waals surface area contributed by atoms with Crippen molar-refractivity contribution in [2.45, 2.75) is 32.8 Å². The lowest BCUT2D eigenvalue weighted by Gasteiger charge is -2.29. The van der Waals surface area contributed by atoms with Crippen molar-refractivity contribution >= 4 is 40.7 Å². The predicted octanol–water partition coefficient (Wildman–Crippen LogP) is 1.99. The molecule has 0 spiro atoms. The number of fused-ring (bicyclic) bond motifs is 2. The number of nitrogens with zero attached hydrogens (tertiary/aromatic N) is 2. The zero-order valence-electron chi connectivity index (χ0n) is 21.5. The van der Waals surface area contributed by atoms with E-state index in [0.717, 1.165) is 37.3 Å². The van der Waals surface area contributed by atoms with Crippen LogP contribution in [0.15, 0.2) is 12.1 Å². The second-order valence-electron chi connectivity index (χ2n) is 9.92. The van der Waals surface area contributed by atoms with Gasteiger partial charge in [0, 0.05) is 49.7 Å². The number of aryl methyl sites for hydroxylation is 1. The minimum atomic E-state index is -1.31. The quantitative estimate of drug-likeness (QED) is 0.428. The molecule has 0 saturated carbocycles. The SMILES string of the molecule is Cc1c(/C=C2\C(=O)Nc3cc(NC(=O)C(C)O)c(F)cc32)[nH]c2c1C(=O)N(CCN1CCOCC1)CCC2. The first-order chi connectivity index (χ1) is 18.2. The Morgan fingerprint density at radius 1 is 1.24 bits per heavy atom. The molecule has 0 bridgehead atoms. The Labute approximate surface area is 219 Å². The maximum absolute atomic E-state index is 14.8. The number of morpholine rings is 1. The first kappa shape index (κ1) is 26.1. The highest BCUT2D eigenvalue weighted by Crippen LogP contribution is 2.37. The molecule has 202 valence electrons. The van der Waals surface area contributed by atoms with Crippen LogP contribution in [0.3, 0.4) is 0 Å². The molecule has 1 atom stereocenters. The highest BCUT2D eigenvalue weighted by atomic mass is 19.1. The van der Waals surface area contributed by atoms with Crippen LogP contribution < -0.4 is 10.6 Å². The van der Waals surface area contributed by atoms with Crippen molar-refractivity contribution in [3.63, 3.8) is 0 Å². The van der Waals surface area contributed by atoms with Crippen molar-refractivity contribution in [3.05, 3.63) is 46.0 Å². The Balaban J connectivity index is 1.40. The molecule has 3 aliphatic heterocycles. The number of anilines is 2. The van der Waals surface area contributed by atoms with Crippen molar-refractivity contribution in [2.75, 3.05) is 56.6 Å². The summed E-state index contributed by atoms with van der Waals surface area (Å²) in [6, 6.07) is 2.51. The van der Waals surface area contributed by atoms with Gasteiger partial charge in [0.1, 0.15) is 11.9 Å². The summed E-state index contributed by atoms with van der Waals surface area (Å²) < 4.78 is 20.2. The van der Waals surface area contributed by atoms with Gasteiger partial charge in [0.2, 0.25) is 0 Å². The van der Waals surface area contributed by atoms with Crippen molar-refractivity contribution in [1.82, 2.24) is 14.8 Å². The van der Waals surface area contributed by atoms with Gasteiger partial charge in [-0.05, 0) is 50.5 Å².